The molecule has 1 aliphatic rings. The molecule has 0 saturated carbocycles. The monoisotopic (exact) mass is 389 g/mol. The van der Waals surface area contributed by atoms with Gasteiger partial charge in [-0.25, -0.2) is 4.79 Å². The zero-order valence-electron chi connectivity index (χ0n) is 15.3. The number of likely N-dealkylation sites (tertiary alicyclic amines) is 1. The van der Waals surface area contributed by atoms with Gasteiger partial charge in [-0.2, -0.15) is 13.2 Å². The van der Waals surface area contributed by atoms with Crippen LogP contribution in [0.4, 0.5) is 29.3 Å². The fourth-order valence-electron chi connectivity index (χ4n) is 2.86. The molecule has 150 valence electrons. The molecule has 1 aliphatic heterocycles. The molecule has 27 heavy (non-hydrogen) atoms. The summed E-state index contributed by atoms with van der Waals surface area (Å²) in [5, 5.41) is 13.9. The van der Waals surface area contributed by atoms with E-state index in [-0.39, 0.29) is 18.2 Å². The number of carbonyl (C=O) groups is 1. The second-order valence-electron chi connectivity index (χ2n) is 7.42. The number of para-hydroxylation sites is 1. The summed E-state index contributed by atoms with van der Waals surface area (Å²) in [6, 6.07) is 3.05. The number of benzene rings is 1. The van der Waals surface area contributed by atoms with Crippen molar-refractivity contribution in [3.05, 3.63) is 33.9 Å². The minimum absolute atomic E-state index is 0.0494. The van der Waals surface area contributed by atoms with Crippen molar-refractivity contribution >= 4 is 17.5 Å². The van der Waals surface area contributed by atoms with E-state index in [9.17, 15) is 28.1 Å². The van der Waals surface area contributed by atoms with Gasteiger partial charge in [0.2, 0.25) is 0 Å². The van der Waals surface area contributed by atoms with Gasteiger partial charge in [0.25, 0.3) is 0 Å². The highest BCUT2D eigenvalue weighted by Crippen LogP contribution is 2.40. The van der Waals surface area contributed by atoms with Crippen LogP contribution in [-0.4, -0.2) is 41.2 Å². The molecule has 0 aliphatic carbocycles. The zero-order valence-corrected chi connectivity index (χ0v) is 15.3. The van der Waals surface area contributed by atoms with E-state index >= 15 is 0 Å². The number of carbonyl (C=O) groups excluding carboxylic acids is 1. The summed E-state index contributed by atoms with van der Waals surface area (Å²) in [4.78, 5) is 23.7. The Bertz CT molecular complexity index is 716. The maximum atomic E-state index is 13.0. The fourth-order valence-corrected chi connectivity index (χ4v) is 2.86. The predicted molar refractivity (Wildman–Crippen MR) is 92.5 cm³/mol. The van der Waals surface area contributed by atoms with Gasteiger partial charge in [0, 0.05) is 19.6 Å². The van der Waals surface area contributed by atoms with Gasteiger partial charge in [0.15, 0.2) is 0 Å². The second kappa shape index (κ2) is 7.61. The Morgan fingerprint density at radius 2 is 2.04 bits per heavy atom. The van der Waals surface area contributed by atoms with E-state index in [0.29, 0.717) is 25.6 Å². The van der Waals surface area contributed by atoms with Crippen LogP contribution < -0.4 is 5.32 Å². The number of alkyl halides is 3. The Balaban J connectivity index is 2.04. The van der Waals surface area contributed by atoms with Crippen LogP contribution in [0.2, 0.25) is 0 Å². The first-order chi connectivity index (χ1) is 12.4. The van der Waals surface area contributed by atoms with Crippen LogP contribution in [0.5, 0.6) is 0 Å². The maximum absolute atomic E-state index is 13.0. The summed E-state index contributed by atoms with van der Waals surface area (Å²) in [5.74, 6) is -0.0494. The molecule has 1 N–H and O–H groups in total. The van der Waals surface area contributed by atoms with Crippen molar-refractivity contribution in [2.75, 3.05) is 25.0 Å². The third-order valence-corrected chi connectivity index (χ3v) is 4.04. The molecular formula is C17H22F3N3O4. The van der Waals surface area contributed by atoms with Crippen molar-refractivity contribution in [1.82, 2.24) is 4.90 Å². The van der Waals surface area contributed by atoms with Gasteiger partial charge < -0.3 is 15.0 Å². The Morgan fingerprint density at radius 3 is 2.59 bits per heavy atom. The number of nitrogens with zero attached hydrogens (tertiary/aromatic N) is 2. The number of anilines is 1. The highest BCUT2D eigenvalue weighted by molar-refractivity contribution is 5.68. The van der Waals surface area contributed by atoms with Crippen LogP contribution >= 0.6 is 0 Å². The Kier molecular flexibility index (Phi) is 5.86. The number of nitro benzene ring substituents is 1. The lowest BCUT2D eigenvalue weighted by molar-refractivity contribution is -0.387. The largest absolute Gasteiger partial charge is 0.444 e. The lowest BCUT2D eigenvalue weighted by Gasteiger charge is -2.24. The van der Waals surface area contributed by atoms with E-state index in [0.717, 1.165) is 6.07 Å². The average Bonchev–Trinajstić information content (AvgIpc) is 2.99. The van der Waals surface area contributed by atoms with Crippen molar-refractivity contribution in [2.45, 2.75) is 39.0 Å². The number of hydrogen-bond acceptors (Lipinski definition) is 5. The number of rotatable bonds is 4. The smallest absolute Gasteiger partial charge is 0.423 e. The topological polar surface area (TPSA) is 84.7 Å². The van der Waals surface area contributed by atoms with Crippen molar-refractivity contribution in [1.29, 1.82) is 0 Å². The van der Waals surface area contributed by atoms with Crippen LogP contribution in [0, 0.1) is 16.0 Å². The van der Waals surface area contributed by atoms with E-state index in [2.05, 4.69) is 5.32 Å². The van der Waals surface area contributed by atoms with Crippen molar-refractivity contribution in [2.24, 2.45) is 5.92 Å². The Morgan fingerprint density at radius 1 is 1.37 bits per heavy atom. The van der Waals surface area contributed by atoms with Crippen LogP contribution in [-0.2, 0) is 10.9 Å². The first-order valence-electron chi connectivity index (χ1n) is 8.45. The summed E-state index contributed by atoms with van der Waals surface area (Å²) in [6.45, 7) is 6.31. The predicted octanol–water partition coefficient (Wildman–Crippen LogP) is 4.28. The van der Waals surface area contributed by atoms with Crippen LogP contribution in [0.1, 0.15) is 32.8 Å². The minimum atomic E-state index is -4.82. The quantitative estimate of drug-likeness (QED) is 0.614. The van der Waals surface area contributed by atoms with Gasteiger partial charge in [-0.05, 0) is 45.2 Å². The summed E-state index contributed by atoms with van der Waals surface area (Å²) in [7, 11) is 0. The third kappa shape index (κ3) is 5.48. The highest BCUT2D eigenvalue weighted by Gasteiger charge is 2.40. The lowest BCUT2D eigenvalue weighted by atomic mass is 10.1. The summed E-state index contributed by atoms with van der Waals surface area (Å²) in [6.07, 6.45) is -4.64. The van der Waals surface area contributed by atoms with Gasteiger partial charge in [0.1, 0.15) is 16.9 Å². The van der Waals surface area contributed by atoms with Gasteiger partial charge in [-0.1, -0.05) is 6.07 Å². The van der Waals surface area contributed by atoms with E-state index in [1.54, 1.807) is 20.8 Å². The molecule has 0 radical (unpaired) electrons. The fraction of sp³-hybridized carbons (Fsp3) is 0.588. The molecule has 1 aromatic carbocycles. The molecule has 1 fully saturated rings. The molecule has 1 atom stereocenters. The van der Waals surface area contributed by atoms with Gasteiger partial charge in [-0.15, -0.1) is 0 Å². The standard InChI is InChI=1S/C17H22F3N3O4/c1-16(2,3)27-15(24)22-8-7-11(10-22)9-21-13-6-4-5-12(17(18,19)20)14(13)23(25)26/h4-6,11,21H,7-10H2,1-3H3/t11-/m0/s1. The Labute approximate surface area is 154 Å². The number of hydrogen-bond donors (Lipinski definition) is 1. The minimum Gasteiger partial charge on any atom is -0.444 e. The summed E-state index contributed by atoms with van der Waals surface area (Å²) in [5.41, 5.74) is -3.09. The van der Waals surface area contributed by atoms with Crippen molar-refractivity contribution in [3.8, 4) is 0 Å². The maximum Gasteiger partial charge on any atom is 0.423 e. The van der Waals surface area contributed by atoms with Crippen LogP contribution in [0.3, 0.4) is 0 Å². The Hall–Kier alpha value is -2.52. The number of nitrogens with one attached hydrogen (secondary N) is 1. The SMILES string of the molecule is CC(C)(C)OC(=O)N1CC[C@@H](CNc2cccc(C(F)(F)F)c2[N+](=O)[O-])C1. The molecule has 1 heterocycles. The number of ether oxygens (including phenoxy) is 1. The molecule has 7 nitrogen and oxygen atoms in total. The van der Waals surface area contributed by atoms with Crippen LogP contribution in [0.15, 0.2) is 18.2 Å². The van der Waals surface area contributed by atoms with Crippen molar-refractivity contribution < 1.29 is 27.6 Å². The van der Waals surface area contributed by atoms with Gasteiger partial charge in [-0.3, -0.25) is 10.1 Å². The third-order valence-electron chi connectivity index (χ3n) is 4.04. The van der Waals surface area contributed by atoms with Gasteiger partial charge >= 0.3 is 18.0 Å². The molecular weight excluding hydrogens is 367 g/mol. The molecule has 1 saturated heterocycles. The molecule has 0 unspecified atom stereocenters. The van der Waals surface area contributed by atoms with Gasteiger partial charge in [0.05, 0.1) is 4.92 Å². The van der Waals surface area contributed by atoms with Crippen LogP contribution in [0.25, 0.3) is 0 Å². The normalized spacial score (nSPS) is 17.7. The molecule has 0 spiro atoms. The van der Waals surface area contributed by atoms with E-state index in [4.69, 9.17) is 4.74 Å². The van der Waals surface area contributed by atoms with E-state index < -0.39 is 34.0 Å². The van der Waals surface area contributed by atoms with E-state index in [1.807, 2.05) is 0 Å². The molecule has 2 rings (SSSR count). The summed E-state index contributed by atoms with van der Waals surface area (Å²) < 4.78 is 44.3. The molecule has 10 heteroatoms. The molecule has 0 bridgehead atoms. The number of amides is 1. The zero-order chi connectivity index (χ0) is 20.4. The highest BCUT2D eigenvalue weighted by atomic mass is 19.4. The number of nitro groups is 1. The molecule has 0 aromatic heterocycles. The van der Waals surface area contributed by atoms with Crippen molar-refractivity contribution in [3.63, 3.8) is 0 Å². The van der Waals surface area contributed by atoms with E-state index in [1.165, 1.54) is 11.0 Å². The molecule has 1 aromatic rings. The average molecular weight is 389 g/mol. The molecule has 1 amide bonds. The first kappa shape index (κ1) is 20.8. The summed E-state index contributed by atoms with van der Waals surface area (Å²) >= 11 is 0. The lowest BCUT2D eigenvalue weighted by Crippen LogP contribution is -2.35. The number of halogens is 3. The first-order valence-corrected chi connectivity index (χ1v) is 8.45. The second-order valence-corrected chi connectivity index (χ2v) is 7.42.